The van der Waals surface area contributed by atoms with Gasteiger partial charge in [-0.3, -0.25) is 0 Å². The summed E-state index contributed by atoms with van der Waals surface area (Å²) in [6, 6.07) is 21.3. The van der Waals surface area contributed by atoms with Crippen molar-refractivity contribution in [3.05, 3.63) is 84.2 Å². The van der Waals surface area contributed by atoms with Crippen molar-refractivity contribution in [2.75, 3.05) is 0 Å². The molecule has 0 saturated carbocycles. The van der Waals surface area contributed by atoms with E-state index in [0.29, 0.717) is 5.82 Å². The van der Waals surface area contributed by atoms with Gasteiger partial charge in [0.15, 0.2) is 5.82 Å². The Kier molecular flexibility index (Phi) is 4.40. The van der Waals surface area contributed by atoms with Gasteiger partial charge in [0.25, 0.3) is 0 Å². The van der Waals surface area contributed by atoms with E-state index < -0.39 is 5.82 Å². The van der Waals surface area contributed by atoms with Crippen LogP contribution in [0.5, 0.6) is 0 Å². The number of nitrogens with zero attached hydrogens (tertiary/aromatic N) is 5. The Balaban J connectivity index is 1.93. The third-order valence-corrected chi connectivity index (χ3v) is 4.17. The lowest BCUT2D eigenvalue weighted by Crippen LogP contribution is -2.03. The van der Waals surface area contributed by atoms with E-state index in [1.165, 1.54) is 17.0 Å². The first kappa shape index (κ1) is 16.6. The molecular weight excluding hydrogens is 345 g/mol. The lowest BCUT2D eigenvalue weighted by atomic mass is 9.95. The zero-order chi connectivity index (χ0) is 18.6. The van der Waals surface area contributed by atoms with Crippen molar-refractivity contribution >= 4 is 6.21 Å². The van der Waals surface area contributed by atoms with Gasteiger partial charge >= 0.3 is 0 Å². The molecule has 0 fully saturated rings. The minimum Gasteiger partial charge on any atom is -0.411 e. The van der Waals surface area contributed by atoms with Gasteiger partial charge in [-0.05, 0) is 33.7 Å². The molecule has 132 valence electrons. The summed E-state index contributed by atoms with van der Waals surface area (Å²) in [5, 5.41) is 23.9. The maximum Gasteiger partial charge on any atom is 0.187 e. The van der Waals surface area contributed by atoms with Crippen LogP contribution in [-0.2, 0) is 0 Å². The summed E-state index contributed by atoms with van der Waals surface area (Å²) in [5.74, 6) is -0.0113. The van der Waals surface area contributed by atoms with Gasteiger partial charge in [0.1, 0.15) is 11.5 Å². The van der Waals surface area contributed by atoms with E-state index in [1.807, 2.05) is 48.5 Å². The van der Waals surface area contributed by atoms with Crippen LogP contribution in [0.25, 0.3) is 28.2 Å². The quantitative estimate of drug-likeness (QED) is 0.340. The summed E-state index contributed by atoms with van der Waals surface area (Å²) in [7, 11) is 0. The van der Waals surface area contributed by atoms with Crippen molar-refractivity contribution in [2.24, 2.45) is 5.16 Å². The summed E-state index contributed by atoms with van der Waals surface area (Å²) in [6.45, 7) is 0. The molecule has 0 aliphatic rings. The molecule has 0 aliphatic heterocycles. The average molecular weight is 359 g/mol. The smallest absolute Gasteiger partial charge is 0.187 e. The highest BCUT2D eigenvalue weighted by Gasteiger charge is 2.18. The van der Waals surface area contributed by atoms with Gasteiger partial charge in [-0.2, -0.15) is 4.68 Å². The molecule has 6 nitrogen and oxygen atoms in total. The Morgan fingerprint density at radius 1 is 0.852 bits per heavy atom. The molecule has 1 heterocycles. The van der Waals surface area contributed by atoms with Gasteiger partial charge in [0.2, 0.25) is 0 Å². The van der Waals surface area contributed by atoms with Gasteiger partial charge < -0.3 is 5.21 Å². The SMILES string of the molecule is O/N=C/c1ccccc1-c1ccccc1-c1nnnn1-c1ccccc1F. The molecule has 0 saturated heterocycles. The van der Waals surface area contributed by atoms with E-state index in [0.717, 1.165) is 22.3 Å². The van der Waals surface area contributed by atoms with Crippen LogP contribution in [-0.4, -0.2) is 31.6 Å². The van der Waals surface area contributed by atoms with E-state index in [2.05, 4.69) is 20.7 Å². The third kappa shape index (κ3) is 3.06. The van der Waals surface area contributed by atoms with Crippen molar-refractivity contribution < 1.29 is 9.60 Å². The highest BCUT2D eigenvalue weighted by molar-refractivity contribution is 5.94. The van der Waals surface area contributed by atoms with Crippen LogP contribution < -0.4 is 0 Å². The molecule has 0 atom stereocenters. The molecule has 4 rings (SSSR count). The minimum atomic E-state index is -0.420. The molecule has 0 radical (unpaired) electrons. The first-order valence-electron chi connectivity index (χ1n) is 8.19. The van der Waals surface area contributed by atoms with Gasteiger partial charge in [-0.25, -0.2) is 4.39 Å². The topological polar surface area (TPSA) is 76.2 Å². The van der Waals surface area contributed by atoms with E-state index in [9.17, 15) is 4.39 Å². The lowest BCUT2D eigenvalue weighted by molar-refractivity contribution is 0.322. The number of halogens is 1. The maximum atomic E-state index is 14.3. The fraction of sp³-hybridized carbons (Fsp3) is 0. The van der Waals surface area contributed by atoms with Crippen molar-refractivity contribution in [3.8, 4) is 28.2 Å². The van der Waals surface area contributed by atoms with Crippen molar-refractivity contribution in [1.29, 1.82) is 0 Å². The molecule has 1 N–H and O–H groups in total. The van der Waals surface area contributed by atoms with E-state index in [4.69, 9.17) is 5.21 Å². The fourth-order valence-corrected chi connectivity index (χ4v) is 2.97. The number of hydrogen-bond acceptors (Lipinski definition) is 5. The predicted molar refractivity (Wildman–Crippen MR) is 99.4 cm³/mol. The van der Waals surface area contributed by atoms with Crippen molar-refractivity contribution in [1.82, 2.24) is 20.2 Å². The zero-order valence-electron chi connectivity index (χ0n) is 14.1. The maximum absolute atomic E-state index is 14.3. The summed E-state index contributed by atoms with van der Waals surface area (Å²) in [4.78, 5) is 0. The molecular formula is C20H14FN5O. The zero-order valence-corrected chi connectivity index (χ0v) is 14.1. The van der Waals surface area contributed by atoms with Crippen LogP contribution in [0.4, 0.5) is 4.39 Å². The van der Waals surface area contributed by atoms with Gasteiger partial charge in [0, 0.05) is 11.1 Å². The average Bonchev–Trinajstić information content (AvgIpc) is 3.18. The van der Waals surface area contributed by atoms with Crippen LogP contribution in [0.15, 0.2) is 78.0 Å². The van der Waals surface area contributed by atoms with Crippen LogP contribution in [0.1, 0.15) is 5.56 Å². The summed E-state index contributed by atoms with van der Waals surface area (Å²) >= 11 is 0. The highest BCUT2D eigenvalue weighted by Crippen LogP contribution is 2.33. The monoisotopic (exact) mass is 359 g/mol. The number of aromatic nitrogens is 4. The van der Waals surface area contributed by atoms with E-state index in [-0.39, 0.29) is 5.69 Å². The molecule has 3 aromatic carbocycles. The van der Waals surface area contributed by atoms with Gasteiger partial charge in [0.05, 0.1) is 6.21 Å². The van der Waals surface area contributed by atoms with Crippen molar-refractivity contribution in [2.45, 2.75) is 0 Å². The molecule has 4 aromatic rings. The van der Waals surface area contributed by atoms with Crippen LogP contribution in [0, 0.1) is 5.82 Å². The molecule has 27 heavy (non-hydrogen) atoms. The third-order valence-electron chi connectivity index (χ3n) is 4.17. The first-order chi connectivity index (χ1) is 13.3. The largest absolute Gasteiger partial charge is 0.411 e. The molecule has 0 bridgehead atoms. The Hall–Kier alpha value is -3.87. The highest BCUT2D eigenvalue weighted by atomic mass is 19.1. The summed E-state index contributed by atoms with van der Waals surface area (Å²) in [5.41, 5.74) is 3.40. The molecule has 0 aliphatic carbocycles. The van der Waals surface area contributed by atoms with Gasteiger partial charge in [-0.1, -0.05) is 65.8 Å². The van der Waals surface area contributed by atoms with Crippen LogP contribution in [0.3, 0.4) is 0 Å². The first-order valence-corrected chi connectivity index (χ1v) is 8.19. The van der Waals surface area contributed by atoms with E-state index >= 15 is 0 Å². The number of hydrogen-bond donors (Lipinski definition) is 1. The summed E-state index contributed by atoms with van der Waals surface area (Å²) in [6.07, 6.45) is 1.37. The van der Waals surface area contributed by atoms with Crippen LogP contribution in [0.2, 0.25) is 0 Å². The standard InChI is InChI=1S/C20H14FN5O/c21-18-11-5-6-12-19(18)26-20(23-24-25-26)17-10-4-3-9-16(17)15-8-2-1-7-14(15)13-22-27/h1-13,27H/b22-13+. The summed E-state index contributed by atoms with van der Waals surface area (Å²) < 4.78 is 15.6. The number of tetrazole rings is 1. The Morgan fingerprint density at radius 2 is 1.52 bits per heavy atom. The second kappa shape index (κ2) is 7.17. The second-order valence-electron chi connectivity index (χ2n) is 5.74. The molecule has 1 aromatic heterocycles. The van der Waals surface area contributed by atoms with Crippen molar-refractivity contribution in [3.63, 3.8) is 0 Å². The molecule has 0 amide bonds. The number of benzene rings is 3. The van der Waals surface area contributed by atoms with E-state index in [1.54, 1.807) is 18.2 Å². The number of rotatable bonds is 4. The Labute approximate surface area is 154 Å². The Bertz CT molecular complexity index is 1120. The number of oxime groups is 1. The second-order valence-corrected chi connectivity index (χ2v) is 5.74. The number of para-hydroxylation sites is 1. The van der Waals surface area contributed by atoms with Gasteiger partial charge in [-0.15, -0.1) is 5.10 Å². The molecule has 0 unspecified atom stereocenters. The lowest BCUT2D eigenvalue weighted by Gasteiger charge is -2.12. The molecule has 0 spiro atoms. The molecule has 7 heteroatoms. The Morgan fingerprint density at radius 3 is 2.30 bits per heavy atom. The predicted octanol–water partition coefficient (Wildman–Crippen LogP) is 3.94. The van der Waals surface area contributed by atoms with Crippen LogP contribution >= 0.6 is 0 Å². The fourth-order valence-electron chi connectivity index (χ4n) is 2.97. The minimum absolute atomic E-state index is 0.262. The normalized spacial score (nSPS) is 11.1.